The molecule has 1 fully saturated rings. The molecule has 2 aromatic rings. The first kappa shape index (κ1) is 23.9. The quantitative estimate of drug-likeness (QED) is 0.502. The minimum Gasteiger partial charge on any atom is -0.493 e. The predicted molar refractivity (Wildman–Crippen MR) is 132 cm³/mol. The van der Waals surface area contributed by atoms with Gasteiger partial charge in [-0.2, -0.15) is 0 Å². The number of esters is 1. The van der Waals surface area contributed by atoms with Crippen molar-refractivity contribution in [1.29, 1.82) is 0 Å². The van der Waals surface area contributed by atoms with Crippen molar-refractivity contribution in [1.82, 2.24) is 4.90 Å². The van der Waals surface area contributed by atoms with Crippen molar-refractivity contribution in [3.63, 3.8) is 0 Å². The molecule has 4 rings (SSSR count). The molecule has 34 heavy (non-hydrogen) atoms. The number of carbonyl (C=O) groups is 2. The van der Waals surface area contributed by atoms with Crippen LogP contribution in [0.15, 0.2) is 64.8 Å². The van der Waals surface area contributed by atoms with Gasteiger partial charge in [0.25, 0.3) is 0 Å². The average molecular weight is 481 g/mol. The summed E-state index contributed by atoms with van der Waals surface area (Å²) in [5.74, 6) is 0.565. The fourth-order valence-electron chi connectivity index (χ4n) is 4.10. The molecule has 7 nitrogen and oxygen atoms in total. The lowest BCUT2D eigenvalue weighted by atomic mass is 9.93. The first-order valence-electron chi connectivity index (χ1n) is 11.3. The molecule has 2 aliphatic heterocycles. The van der Waals surface area contributed by atoms with Crippen molar-refractivity contribution in [2.24, 2.45) is 4.99 Å². The van der Waals surface area contributed by atoms with Crippen LogP contribution in [0.5, 0.6) is 11.5 Å². The Bertz CT molecular complexity index is 1150. The van der Waals surface area contributed by atoms with E-state index in [1.807, 2.05) is 56.3 Å². The molecule has 2 aliphatic rings. The van der Waals surface area contributed by atoms with E-state index in [0.29, 0.717) is 41.0 Å². The van der Waals surface area contributed by atoms with Crippen LogP contribution in [0, 0.1) is 0 Å². The smallest absolute Gasteiger partial charge is 0.338 e. The molecule has 2 aromatic carbocycles. The molecule has 0 aromatic heterocycles. The van der Waals surface area contributed by atoms with Crippen molar-refractivity contribution in [3.05, 3.63) is 70.9 Å². The largest absolute Gasteiger partial charge is 0.493 e. The van der Waals surface area contributed by atoms with Crippen LogP contribution in [-0.4, -0.2) is 40.9 Å². The summed E-state index contributed by atoms with van der Waals surface area (Å²) in [6.45, 7) is 6.28. The van der Waals surface area contributed by atoms with Gasteiger partial charge in [0.05, 0.1) is 36.3 Å². The highest BCUT2D eigenvalue weighted by molar-refractivity contribution is 8.15. The molecule has 0 aliphatic carbocycles. The lowest BCUT2D eigenvalue weighted by Gasteiger charge is -2.33. The highest BCUT2D eigenvalue weighted by atomic mass is 32.2. The van der Waals surface area contributed by atoms with Gasteiger partial charge in [0, 0.05) is 0 Å². The van der Waals surface area contributed by atoms with Gasteiger partial charge in [-0.3, -0.25) is 9.69 Å². The van der Waals surface area contributed by atoms with Crippen LogP contribution in [0.1, 0.15) is 44.4 Å². The predicted octanol–water partition coefficient (Wildman–Crippen LogP) is 4.88. The number of ether oxygens (including phenoxy) is 3. The van der Waals surface area contributed by atoms with E-state index in [1.54, 1.807) is 25.0 Å². The molecule has 1 saturated heterocycles. The van der Waals surface area contributed by atoms with Gasteiger partial charge in [0.2, 0.25) is 5.91 Å². The number of nitrogens with zero attached hydrogens (tertiary/aromatic N) is 2. The van der Waals surface area contributed by atoms with E-state index in [9.17, 15) is 9.59 Å². The summed E-state index contributed by atoms with van der Waals surface area (Å²) in [7, 11) is 1.56. The van der Waals surface area contributed by atoms with Gasteiger partial charge >= 0.3 is 5.97 Å². The topological polar surface area (TPSA) is 77.4 Å². The second-order valence-corrected chi connectivity index (χ2v) is 9.09. The van der Waals surface area contributed by atoms with Gasteiger partial charge in [-0.05, 0) is 43.5 Å². The third-order valence-corrected chi connectivity index (χ3v) is 7.08. The summed E-state index contributed by atoms with van der Waals surface area (Å²) < 4.78 is 16.9. The highest BCUT2D eigenvalue weighted by Gasteiger charge is 2.47. The van der Waals surface area contributed by atoms with Crippen LogP contribution in [0.3, 0.4) is 0 Å². The number of aliphatic imine (C=N–C) groups is 1. The summed E-state index contributed by atoms with van der Waals surface area (Å²) in [5.41, 5.74) is 2.49. The molecule has 8 heteroatoms. The molecule has 0 unspecified atom stereocenters. The normalized spacial score (nSPS) is 19.6. The summed E-state index contributed by atoms with van der Waals surface area (Å²) in [4.78, 5) is 33.0. The number of methoxy groups -OCH3 is 1. The van der Waals surface area contributed by atoms with Gasteiger partial charge in [0.1, 0.15) is 6.61 Å². The van der Waals surface area contributed by atoms with Crippen LogP contribution >= 0.6 is 11.8 Å². The lowest BCUT2D eigenvalue weighted by molar-refractivity contribution is -0.141. The Balaban J connectivity index is 1.74. The van der Waals surface area contributed by atoms with Crippen LogP contribution in [0.25, 0.3) is 0 Å². The van der Waals surface area contributed by atoms with Crippen LogP contribution in [0.2, 0.25) is 0 Å². The zero-order chi connectivity index (χ0) is 24.2. The van der Waals surface area contributed by atoms with Crippen molar-refractivity contribution < 1.29 is 23.8 Å². The Morgan fingerprint density at radius 3 is 2.56 bits per heavy atom. The Morgan fingerprint density at radius 2 is 1.88 bits per heavy atom. The SMILES string of the molecule is CCOc1ccc([C@@H]2C(C(=O)OCc3ccccc3)=C(C)N=C3S[C@H](CC)C(=O)N32)cc1OC. The number of thioether (sulfide) groups is 1. The average Bonchev–Trinajstić information content (AvgIpc) is 3.17. The number of rotatable bonds is 8. The number of hydrogen-bond donors (Lipinski definition) is 0. The molecule has 1 amide bonds. The maximum Gasteiger partial charge on any atom is 0.338 e. The van der Waals surface area contributed by atoms with E-state index < -0.39 is 12.0 Å². The van der Waals surface area contributed by atoms with Gasteiger partial charge in [-0.1, -0.05) is 55.1 Å². The van der Waals surface area contributed by atoms with Crippen molar-refractivity contribution in [2.45, 2.75) is 45.1 Å². The summed E-state index contributed by atoms with van der Waals surface area (Å²) in [6, 6.07) is 14.3. The number of fused-ring (bicyclic) bond motifs is 1. The molecule has 0 saturated carbocycles. The van der Waals surface area contributed by atoms with E-state index in [0.717, 1.165) is 11.1 Å². The maximum atomic E-state index is 13.4. The molecule has 178 valence electrons. The molecular weight excluding hydrogens is 452 g/mol. The fraction of sp³-hybridized carbons (Fsp3) is 0.346. The highest BCUT2D eigenvalue weighted by Crippen LogP contribution is 2.45. The Morgan fingerprint density at radius 1 is 1.12 bits per heavy atom. The summed E-state index contributed by atoms with van der Waals surface area (Å²) >= 11 is 1.43. The molecular formula is C26H28N2O5S. The zero-order valence-corrected chi connectivity index (χ0v) is 20.6. The Hall–Kier alpha value is -3.26. The molecule has 0 bridgehead atoms. The van der Waals surface area contributed by atoms with Gasteiger partial charge < -0.3 is 14.2 Å². The monoisotopic (exact) mass is 480 g/mol. The van der Waals surface area contributed by atoms with Crippen molar-refractivity contribution in [3.8, 4) is 11.5 Å². The van der Waals surface area contributed by atoms with Crippen LogP contribution in [0.4, 0.5) is 0 Å². The summed E-state index contributed by atoms with van der Waals surface area (Å²) in [6.07, 6.45) is 0.672. The van der Waals surface area contributed by atoms with Gasteiger partial charge in [-0.25, -0.2) is 9.79 Å². The third kappa shape index (κ3) is 4.55. The van der Waals surface area contributed by atoms with E-state index in [4.69, 9.17) is 14.2 Å². The first-order chi connectivity index (χ1) is 16.5. The first-order valence-corrected chi connectivity index (χ1v) is 12.2. The van der Waals surface area contributed by atoms with E-state index in [2.05, 4.69) is 4.99 Å². The molecule has 0 radical (unpaired) electrons. The lowest BCUT2D eigenvalue weighted by Crippen LogP contribution is -2.40. The van der Waals surface area contributed by atoms with Crippen LogP contribution < -0.4 is 9.47 Å². The van der Waals surface area contributed by atoms with Crippen molar-refractivity contribution >= 4 is 28.8 Å². The number of allylic oxidation sites excluding steroid dienone is 1. The van der Waals surface area contributed by atoms with Gasteiger partial charge in [0.15, 0.2) is 16.7 Å². The second kappa shape index (κ2) is 10.3. The van der Waals surface area contributed by atoms with E-state index >= 15 is 0 Å². The van der Waals surface area contributed by atoms with E-state index in [1.165, 1.54) is 11.8 Å². The molecule has 2 heterocycles. The fourth-order valence-corrected chi connectivity index (χ4v) is 5.23. The second-order valence-electron chi connectivity index (χ2n) is 7.92. The maximum absolute atomic E-state index is 13.4. The zero-order valence-electron chi connectivity index (χ0n) is 19.7. The molecule has 0 spiro atoms. The molecule has 2 atom stereocenters. The Kier molecular flexibility index (Phi) is 7.26. The molecule has 0 N–H and O–H groups in total. The Labute approximate surface area is 203 Å². The standard InChI is InChI=1S/C26H28N2O5S/c1-5-21-24(29)28-23(18-12-13-19(32-6-2)20(14-18)31-4)22(16(3)27-26(28)34-21)25(30)33-15-17-10-8-7-9-11-17/h7-14,21,23H,5-6,15H2,1-4H3/t21-,23-/m1/s1. The number of hydrogen-bond acceptors (Lipinski definition) is 7. The summed E-state index contributed by atoms with van der Waals surface area (Å²) in [5, 5.41) is 0.366. The van der Waals surface area contributed by atoms with Crippen molar-refractivity contribution in [2.75, 3.05) is 13.7 Å². The number of carbonyl (C=O) groups excluding carboxylic acids is 2. The minimum absolute atomic E-state index is 0.0649. The number of amidine groups is 1. The number of amides is 1. The third-order valence-electron chi connectivity index (χ3n) is 5.76. The minimum atomic E-state index is -0.670. The van der Waals surface area contributed by atoms with Gasteiger partial charge in [-0.15, -0.1) is 0 Å². The van der Waals surface area contributed by atoms with Crippen LogP contribution in [-0.2, 0) is 20.9 Å². The number of benzene rings is 2. The van der Waals surface area contributed by atoms with E-state index in [-0.39, 0.29) is 17.8 Å².